The van der Waals surface area contributed by atoms with Gasteiger partial charge in [-0.1, -0.05) is 18.2 Å². The molecule has 0 aliphatic rings. The van der Waals surface area contributed by atoms with Crippen LogP contribution >= 0.6 is 0 Å². The Bertz CT molecular complexity index is 639. The van der Waals surface area contributed by atoms with Crippen molar-refractivity contribution in [2.24, 2.45) is 0 Å². The fourth-order valence-corrected chi connectivity index (χ4v) is 1.88. The first kappa shape index (κ1) is 15.6. The Morgan fingerprint density at radius 3 is 2.77 bits per heavy atom. The van der Waals surface area contributed by atoms with Crippen LogP contribution in [0.5, 0.6) is 5.75 Å². The van der Waals surface area contributed by atoms with Crippen molar-refractivity contribution < 1.29 is 9.53 Å². The number of carbonyl (C=O) groups is 1. The Morgan fingerprint density at radius 2 is 2.09 bits per heavy atom. The number of anilines is 1. The van der Waals surface area contributed by atoms with E-state index in [0.29, 0.717) is 18.7 Å². The molecule has 0 unspecified atom stereocenters. The molecule has 5 nitrogen and oxygen atoms in total. The number of methoxy groups -OCH3 is 1. The maximum Gasteiger partial charge on any atom is 0.253 e. The molecule has 5 heteroatoms. The lowest BCUT2D eigenvalue weighted by atomic mass is 10.2. The van der Waals surface area contributed by atoms with Crippen molar-refractivity contribution >= 4 is 11.6 Å². The summed E-state index contributed by atoms with van der Waals surface area (Å²) in [6, 6.07) is 9.32. The molecular formula is C17H19N3O2. The van der Waals surface area contributed by atoms with Crippen LogP contribution < -0.4 is 15.4 Å². The number of hydrogen-bond donors (Lipinski definition) is 2. The summed E-state index contributed by atoms with van der Waals surface area (Å²) in [6.45, 7) is 4.71. The summed E-state index contributed by atoms with van der Waals surface area (Å²) in [4.78, 5) is 16.2. The molecule has 22 heavy (non-hydrogen) atoms. The second-order valence-electron chi connectivity index (χ2n) is 4.66. The van der Waals surface area contributed by atoms with Crippen LogP contribution in [-0.2, 0) is 6.54 Å². The molecule has 0 aliphatic carbocycles. The first-order valence-corrected chi connectivity index (χ1v) is 6.94. The predicted octanol–water partition coefficient (Wildman–Crippen LogP) is 2.62. The van der Waals surface area contributed by atoms with Crippen LogP contribution in [0.15, 0.2) is 55.4 Å². The number of hydrogen-bond acceptors (Lipinski definition) is 4. The van der Waals surface area contributed by atoms with Crippen LogP contribution in [0.1, 0.15) is 15.9 Å². The normalized spacial score (nSPS) is 9.86. The van der Waals surface area contributed by atoms with Crippen molar-refractivity contribution in [1.29, 1.82) is 0 Å². The molecule has 1 aromatic carbocycles. The van der Waals surface area contributed by atoms with E-state index in [2.05, 4.69) is 22.2 Å². The number of carbonyl (C=O) groups excluding carboxylic acids is 1. The van der Waals surface area contributed by atoms with E-state index in [4.69, 9.17) is 4.74 Å². The van der Waals surface area contributed by atoms with Crippen molar-refractivity contribution in [1.82, 2.24) is 10.3 Å². The molecule has 0 bridgehead atoms. The van der Waals surface area contributed by atoms with E-state index in [1.807, 2.05) is 24.3 Å². The maximum atomic E-state index is 12.1. The molecule has 1 heterocycles. The number of amides is 1. The lowest BCUT2D eigenvalue weighted by Gasteiger charge is -2.08. The minimum Gasteiger partial charge on any atom is -0.497 e. The van der Waals surface area contributed by atoms with Crippen molar-refractivity contribution in [2.45, 2.75) is 6.54 Å². The molecule has 0 atom stereocenters. The highest BCUT2D eigenvalue weighted by atomic mass is 16.5. The first-order valence-electron chi connectivity index (χ1n) is 6.94. The second-order valence-corrected chi connectivity index (χ2v) is 4.66. The lowest BCUT2D eigenvalue weighted by Crippen LogP contribution is -2.23. The number of benzene rings is 1. The van der Waals surface area contributed by atoms with Crippen molar-refractivity contribution in [3.8, 4) is 5.75 Å². The Hall–Kier alpha value is -2.82. The zero-order chi connectivity index (χ0) is 15.8. The number of rotatable bonds is 7. The summed E-state index contributed by atoms with van der Waals surface area (Å²) >= 11 is 0. The van der Waals surface area contributed by atoms with E-state index in [-0.39, 0.29) is 5.91 Å². The van der Waals surface area contributed by atoms with Gasteiger partial charge in [-0.2, -0.15) is 0 Å². The molecule has 0 aliphatic heterocycles. The summed E-state index contributed by atoms with van der Waals surface area (Å²) < 4.78 is 5.10. The summed E-state index contributed by atoms with van der Waals surface area (Å²) in [7, 11) is 1.62. The van der Waals surface area contributed by atoms with Gasteiger partial charge in [-0.25, -0.2) is 0 Å². The van der Waals surface area contributed by atoms with Crippen molar-refractivity contribution in [3.05, 3.63) is 66.5 Å². The molecule has 2 rings (SSSR count). The number of nitrogens with one attached hydrogen (secondary N) is 2. The molecule has 2 N–H and O–H groups in total. The van der Waals surface area contributed by atoms with Crippen LogP contribution in [0.3, 0.4) is 0 Å². The highest BCUT2D eigenvalue weighted by Gasteiger charge is 2.06. The molecule has 0 saturated carbocycles. The minimum absolute atomic E-state index is 0.162. The molecule has 0 spiro atoms. The van der Waals surface area contributed by atoms with Gasteiger partial charge >= 0.3 is 0 Å². The van der Waals surface area contributed by atoms with Crippen LogP contribution in [-0.4, -0.2) is 24.5 Å². The molecule has 2 aromatic rings. The third-order valence-electron chi connectivity index (χ3n) is 3.06. The van der Waals surface area contributed by atoms with E-state index in [1.54, 1.807) is 31.6 Å². The monoisotopic (exact) mass is 297 g/mol. The number of nitrogens with zero attached hydrogens (tertiary/aromatic N) is 1. The molecule has 0 saturated heterocycles. The fraction of sp³-hybridized carbons (Fsp3) is 0.176. The van der Waals surface area contributed by atoms with Gasteiger partial charge in [0.1, 0.15) is 5.75 Å². The number of pyridine rings is 1. The largest absolute Gasteiger partial charge is 0.497 e. The molecule has 114 valence electrons. The molecular weight excluding hydrogens is 278 g/mol. The van der Waals surface area contributed by atoms with Gasteiger partial charge in [0, 0.05) is 25.5 Å². The SMILES string of the molecule is C=CCNc1cncc(C(=O)NCc2ccc(OC)cc2)c1. The van der Waals surface area contributed by atoms with E-state index in [1.165, 1.54) is 0 Å². The summed E-state index contributed by atoms with van der Waals surface area (Å²) in [5.41, 5.74) is 2.31. The predicted molar refractivity (Wildman–Crippen MR) is 87.1 cm³/mol. The Morgan fingerprint density at radius 1 is 1.32 bits per heavy atom. The summed E-state index contributed by atoms with van der Waals surface area (Å²) in [5, 5.41) is 5.97. The summed E-state index contributed by atoms with van der Waals surface area (Å²) in [5.74, 6) is 0.630. The van der Waals surface area contributed by atoms with E-state index < -0.39 is 0 Å². The third-order valence-corrected chi connectivity index (χ3v) is 3.06. The topological polar surface area (TPSA) is 63.2 Å². The fourth-order valence-electron chi connectivity index (χ4n) is 1.88. The lowest BCUT2D eigenvalue weighted by molar-refractivity contribution is 0.0950. The van der Waals surface area contributed by atoms with Gasteiger partial charge < -0.3 is 15.4 Å². The maximum absolute atomic E-state index is 12.1. The minimum atomic E-state index is -0.162. The van der Waals surface area contributed by atoms with Crippen molar-refractivity contribution in [3.63, 3.8) is 0 Å². The smallest absolute Gasteiger partial charge is 0.253 e. The van der Waals surface area contributed by atoms with Gasteiger partial charge in [0.05, 0.1) is 18.4 Å². The summed E-state index contributed by atoms with van der Waals surface area (Å²) in [6.07, 6.45) is 4.96. The average Bonchev–Trinajstić information content (AvgIpc) is 2.58. The van der Waals surface area contributed by atoms with Gasteiger partial charge in [0.2, 0.25) is 0 Å². The number of aromatic nitrogens is 1. The quantitative estimate of drug-likeness (QED) is 0.771. The molecule has 1 amide bonds. The average molecular weight is 297 g/mol. The molecule has 1 aromatic heterocycles. The zero-order valence-electron chi connectivity index (χ0n) is 12.5. The standard InChI is InChI=1S/C17H19N3O2/c1-3-8-19-15-9-14(11-18-12-15)17(21)20-10-13-4-6-16(22-2)7-5-13/h3-7,9,11-12,19H,1,8,10H2,2H3,(H,20,21). The molecule has 0 fully saturated rings. The highest BCUT2D eigenvalue weighted by Crippen LogP contribution is 2.12. The molecule has 0 radical (unpaired) electrons. The van der Waals surface area contributed by atoms with Gasteiger partial charge in [0.25, 0.3) is 5.91 Å². The van der Waals surface area contributed by atoms with Gasteiger partial charge in [-0.3, -0.25) is 9.78 Å². The van der Waals surface area contributed by atoms with Crippen LogP contribution in [0.4, 0.5) is 5.69 Å². The van der Waals surface area contributed by atoms with Crippen LogP contribution in [0.25, 0.3) is 0 Å². The van der Waals surface area contributed by atoms with E-state index in [0.717, 1.165) is 17.0 Å². The van der Waals surface area contributed by atoms with Gasteiger partial charge in [-0.05, 0) is 23.8 Å². The van der Waals surface area contributed by atoms with E-state index in [9.17, 15) is 4.79 Å². The zero-order valence-corrected chi connectivity index (χ0v) is 12.5. The third kappa shape index (κ3) is 4.34. The van der Waals surface area contributed by atoms with Crippen LogP contribution in [0, 0.1) is 0 Å². The highest BCUT2D eigenvalue weighted by molar-refractivity contribution is 5.94. The van der Waals surface area contributed by atoms with Gasteiger partial charge in [0.15, 0.2) is 0 Å². The van der Waals surface area contributed by atoms with Gasteiger partial charge in [-0.15, -0.1) is 6.58 Å². The van der Waals surface area contributed by atoms with Crippen molar-refractivity contribution in [2.75, 3.05) is 19.0 Å². The number of ether oxygens (including phenoxy) is 1. The Balaban J connectivity index is 1.94. The Labute approximate surface area is 130 Å². The second kappa shape index (κ2) is 7.83. The van der Waals surface area contributed by atoms with Crippen LogP contribution in [0.2, 0.25) is 0 Å². The Kier molecular flexibility index (Phi) is 5.54. The van der Waals surface area contributed by atoms with E-state index >= 15 is 0 Å². The first-order chi connectivity index (χ1) is 10.7.